The number of rotatable bonds is 7. The molecule has 1 aliphatic heterocycles. The van der Waals surface area contributed by atoms with Crippen LogP contribution in [0.2, 0.25) is 0 Å². The van der Waals surface area contributed by atoms with Crippen molar-refractivity contribution in [3.8, 4) is 5.75 Å². The van der Waals surface area contributed by atoms with Crippen molar-refractivity contribution in [2.45, 2.75) is 51.0 Å². The Morgan fingerprint density at radius 2 is 2.11 bits per heavy atom. The van der Waals surface area contributed by atoms with Crippen LogP contribution in [-0.4, -0.2) is 41.2 Å². The zero-order valence-electron chi connectivity index (χ0n) is 16.5. The fourth-order valence-corrected chi connectivity index (χ4v) is 5.10. The van der Waals surface area contributed by atoms with Crippen LogP contribution in [0, 0.1) is 18.7 Å². The minimum absolute atomic E-state index is 0.281. The number of ether oxygens (including phenoxy) is 1. The topological polar surface area (TPSA) is 45.6 Å². The molecule has 1 saturated carbocycles. The van der Waals surface area contributed by atoms with Gasteiger partial charge in [-0.25, -0.2) is 9.37 Å². The Morgan fingerprint density at radius 3 is 2.89 bits per heavy atom. The number of hydrogen-bond acceptors (Lipinski definition) is 5. The first-order chi connectivity index (χ1) is 13.5. The zero-order chi connectivity index (χ0) is 19.6. The summed E-state index contributed by atoms with van der Waals surface area (Å²) in [7, 11) is 0. The van der Waals surface area contributed by atoms with E-state index in [0.29, 0.717) is 13.0 Å². The van der Waals surface area contributed by atoms with E-state index in [1.54, 1.807) is 29.5 Å². The summed E-state index contributed by atoms with van der Waals surface area (Å²) in [5, 5.41) is 12.1. The zero-order valence-corrected chi connectivity index (χ0v) is 17.3. The van der Waals surface area contributed by atoms with Gasteiger partial charge in [0.25, 0.3) is 0 Å². The van der Waals surface area contributed by atoms with Crippen LogP contribution in [0.15, 0.2) is 24.3 Å². The molecule has 4 nitrogen and oxygen atoms in total. The lowest BCUT2D eigenvalue weighted by Gasteiger charge is -2.24. The highest BCUT2D eigenvalue weighted by Gasteiger charge is 2.36. The molecule has 1 N–H and O–H groups in total. The molecule has 0 spiro atoms. The number of aliphatic hydroxyl groups is 1. The van der Waals surface area contributed by atoms with Gasteiger partial charge in [-0.2, -0.15) is 0 Å². The predicted octanol–water partition coefficient (Wildman–Crippen LogP) is 4.30. The average Bonchev–Trinajstić information content (AvgIpc) is 3.44. The van der Waals surface area contributed by atoms with E-state index in [9.17, 15) is 9.50 Å². The van der Waals surface area contributed by atoms with Crippen LogP contribution in [0.25, 0.3) is 0 Å². The molecule has 1 atom stereocenters. The van der Waals surface area contributed by atoms with E-state index in [4.69, 9.17) is 9.72 Å². The summed E-state index contributed by atoms with van der Waals surface area (Å²) in [6.45, 7) is 5.59. The standard InChI is InChI=1S/C22H29FN2O2S/c1-16-20(9-14-27-19-6-3-2-5-18(19)23)28-21(24-16)22(26)10-4-12-25(13-11-22)15-17-7-8-17/h2-3,5-6,17,26H,4,7-15H2,1H3/t22-/m1/s1. The van der Waals surface area contributed by atoms with Crippen molar-refractivity contribution in [1.82, 2.24) is 9.88 Å². The van der Waals surface area contributed by atoms with Gasteiger partial charge in [0.05, 0.1) is 12.3 Å². The van der Waals surface area contributed by atoms with Gasteiger partial charge in [0.1, 0.15) is 10.6 Å². The highest BCUT2D eigenvalue weighted by atomic mass is 32.1. The van der Waals surface area contributed by atoms with Crippen LogP contribution in [0.3, 0.4) is 0 Å². The van der Waals surface area contributed by atoms with Crippen LogP contribution >= 0.6 is 11.3 Å². The van der Waals surface area contributed by atoms with Crippen molar-refractivity contribution in [2.24, 2.45) is 5.92 Å². The number of hydrogen-bond donors (Lipinski definition) is 1. The number of benzene rings is 1. The molecule has 0 bridgehead atoms. The fraction of sp³-hybridized carbons (Fsp3) is 0.591. The maximum atomic E-state index is 13.7. The molecular formula is C22H29FN2O2S. The summed E-state index contributed by atoms with van der Waals surface area (Å²) in [4.78, 5) is 8.33. The summed E-state index contributed by atoms with van der Waals surface area (Å²) in [6, 6.07) is 6.46. The van der Waals surface area contributed by atoms with E-state index in [1.165, 1.54) is 25.5 Å². The number of likely N-dealkylation sites (tertiary alicyclic amines) is 1. The third kappa shape index (κ3) is 4.73. The molecule has 0 amide bonds. The number of thiazole rings is 1. The Balaban J connectivity index is 1.36. The third-order valence-electron chi connectivity index (χ3n) is 5.83. The molecule has 2 fully saturated rings. The van der Waals surface area contributed by atoms with Crippen molar-refractivity contribution < 1.29 is 14.2 Å². The first kappa shape index (κ1) is 19.8. The van der Waals surface area contributed by atoms with E-state index in [1.807, 2.05) is 6.92 Å². The average molecular weight is 405 g/mol. The van der Waals surface area contributed by atoms with Crippen LogP contribution < -0.4 is 4.74 Å². The smallest absolute Gasteiger partial charge is 0.165 e. The molecule has 2 aromatic rings. The van der Waals surface area contributed by atoms with Crippen molar-refractivity contribution in [2.75, 3.05) is 26.2 Å². The van der Waals surface area contributed by atoms with E-state index in [0.717, 1.165) is 53.8 Å². The van der Waals surface area contributed by atoms with Gasteiger partial charge in [0.15, 0.2) is 11.6 Å². The molecule has 28 heavy (non-hydrogen) atoms. The lowest BCUT2D eigenvalue weighted by atomic mass is 9.96. The molecule has 1 aromatic heterocycles. The minimum Gasteiger partial charge on any atom is -0.490 e. The van der Waals surface area contributed by atoms with Crippen molar-refractivity contribution in [1.29, 1.82) is 0 Å². The van der Waals surface area contributed by atoms with E-state index in [2.05, 4.69) is 4.90 Å². The number of para-hydroxylation sites is 1. The molecule has 1 saturated heterocycles. The summed E-state index contributed by atoms with van der Waals surface area (Å²) < 4.78 is 19.3. The van der Waals surface area contributed by atoms with Gasteiger partial charge < -0.3 is 14.7 Å². The van der Waals surface area contributed by atoms with Gasteiger partial charge in [-0.1, -0.05) is 12.1 Å². The van der Waals surface area contributed by atoms with Crippen LogP contribution in [-0.2, 0) is 12.0 Å². The minimum atomic E-state index is -0.821. The van der Waals surface area contributed by atoms with Gasteiger partial charge >= 0.3 is 0 Å². The second kappa shape index (κ2) is 8.47. The van der Waals surface area contributed by atoms with E-state index < -0.39 is 5.60 Å². The fourth-order valence-electron chi connectivity index (χ4n) is 3.91. The molecule has 152 valence electrons. The third-order valence-corrected chi connectivity index (χ3v) is 7.24. The number of aryl methyl sites for hydroxylation is 1. The number of nitrogens with zero attached hydrogens (tertiary/aromatic N) is 2. The summed E-state index contributed by atoms with van der Waals surface area (Å²) in [5.74, 6) is 0.824. The number of aromatic nitrogens is 1. The van der Waals surface area contributed by atoms with Gasteiger partial charge in [-0.3, -0.25) is 0 Å². The van der Waals surface area contributed by atoms with Gasteiger partial charge in [-0.05, 0) is 63.6 Å². The van der Waals surface area contributed by atoms with E-state index in [-0.39, 0.29) is 11.6 Å². The highest BCUT2D eigenvalue weighted by Crippen LogP contribution is 2.38. The van der Waals surface area contributed by atoms with Crippen LogP contribution in [0.4, 0.5) is 4.39 Å². The Labute approximate surface area is 170 Å². The summed E-state index contributed by atoms with van der Waals surface area (Å²) in [5.41, 5.74) is 0.128. The Bertz CT molecular complexity index is 808. The van der Waals surface area contributed by atoms with Crippen molar-refractivity contribution >= 4 is 11.3 Å². The lowest BCUT2D eigenvalue weighted by molar-refractivity contribution is 0.0208. The van der Waals surface area contributed by atoms with Crippen LogP contribution in [0.5, 0.6) is 5.75 Å². The molecule has 2 heterocycles. The van der Waals surface area contributed by atoms with Crippen molar-refractivity contribution in [3.63, 3.8) is 0 Å². The summed E-state index contributed by atoms with van der Waals surface area (Å²) >= 11 is 1.59. The van der Waals surface area contributed by atoms with Crippen LogP contribution in [0.1, 0.15) is 47.7 Å². The maximum Gasteiger partial charge on any atom is 0.165 e. The van der Waals surface area contributed by atoms with E-state index >= 15 is 0 Å². The second-order valence-electron chi connectivity index (χ2n) is 8.19. The summed E-state index contributed by atoms with van der Waals surface area (Å²) in [6.07, 6.45) is 5.93. The quantitative estimate of drug-likeness (QED) is 0.748. The van der Waals surface area contributed by atoms with Gasteiger partial charge in [-0.15, -0.1) is 11.3 Å². The maximum absolute atomic E-state index is 13.7. The molecule has 2 aliphatic rings. The first-order valence-corrected chi connectivity index (χ1v) is 11.1. The Hall–Kier alpha value is -1.50. The second-order valence-corrected chi connectivity index (χ2v) is 9.27. The molecule has 1 aliphatic carbocycles. The SMILES string of the molecule is Cc1nc([C@@]2(O)CCCN(CC3CC3)CC2)sc1CCOc1ccccc1F. The monoisotopic (exact) mass is 404 g/mol. The lowest BCUT2D eigenvalue weighted by Crippen LogP contribution is -2.30. The molecule has 1 aromatic carbocycles. The van der Waals surface area contributed by atoms with Gasteiger partial charge in [0.2, 0.25) is 0 Å². The predicted molar refractivity (Wildman–Crippen MR) is 109 cm³/mol. The first-order valence-electron chi connectivity index (χ1n) is 10.3. The largest absolute Gasteiger partial charge is 0.490 e. The normalized spacial score (nSPS) is 23.5. The van der Waals surface area contributed by atoms with Crippen molar-refractivity contribution in [3.05, 3.63) is 45.7 Å². The Morgan fingerprint density at radius 1 is 1.29 bits per heavy atom. The highest BCUT2D eigenvalue weighted by molar-refractivity contribution is 7.11. The number of halogens is 1. The van der Waals surface area contributed by atoms with Gasteiger partial charge in [0, 0.05) is 24.4 Å². The molecule has 0 radical (unpaired) electrons. The molecule has 6 heteroatoms. The molecular weight excluding hydrogens is 375 g/mol. The Kier molecular flexibility index (Phi) is 5.99. The molecule has 0 unspecified atom stereocenters. The molecule has 4 rings (SSSR count).